The molecule has 3 aromatic carbocycles. The number of rotatable bonds is 5. The Morgan fingerprint density at radius 3 is 2.53 bits per heavy atom. The number of alkyl halides is 4. The van der Waals surface area contributed by atoms with Crippen molar-refractivity contribution in [2.45, 2.75) is 18.8 Å². The van der Waals surface area contributed by atoms with Crippen LogP contribution in [0.25, 0.3) is 11.1 Å². The molecular weight excluding hydrogens is 405 g/mol. The summed E-state index contributed by atoms with van der Waals surface area (Å²) in [6, 6.07) is 15.9. The molecule has 0 saturated carbocycles. The number of fused-ring (bicyclic) bond motifs is 1. The van der Waals surface area contributed by atoms with E-state index in [1.807, 2.05) is 0 Å². The van der Waals surface area contributed by atoms with Gasteiger partial charge < -0.3 is 10.1 Å². The van der Waals surface area contributed by atoms with Crippen molar-refractivity contribution in [3.63, 3.8) is 0 Å². The van der Waals surface area contributed by atoms with Crippen LogP contribution in [0.4, 0.5) is 27.6 Å². The molecule has 4 rings (SSSR count). The van der Waals surface area contributed by atoms with Crippen LogP contribution in [0.15, 0.2) is 66.7 Å². The zero-order chi connectivity index (χ0) is 21.3. The SMILES string of the molecule is Fc1cccc(-c2cccc3c2OCC(c2cccc(C(F)(F)OC(F)F)c2)N3)c1. The van der Waals surface area contributed by atoms with Crippen molar-refractivity contribution in [2.75, 3.05) is 11.9 Å². The highest BCUT2D eigenvalue weighted by Crippen LogP contribution is 2.42. The Kier molecular flexibility index (Phi) is 5.34. The van der Waals surface area contributed by atoms with Gasteiger partial charge in [0.25, 0.3) is 0 Å². The average Bonchev–Trinajstić information content (AvgIpc) is 2.72. The van der Waals surface area contributed by atoms with Gasteiger partial charge in [-0.3, -0.25) is 4.74 Å². The first-order valence-electron chi connectivity index (χ1n) is 9.06. The molecule has 1 heterocycles. The van der Waals surface area contributed by atoms with E-state index in [1.165, 1.54) is 18.2 Å². The van der Waals surface area contributed by atoms with E-state index in [-0.39, 0.29) is 12.4 Å². The molecule has 156 valence electrons. The number of hydrogen-bond acceptors (Lipinski definition) is 3. The Bertz CT molecular complexity index is 1060. The van der Waals surface area contributed by atoms with Gasteiger partial charge in [0, 0.05) is 5.56 Å². The fraction of sp³-hybridized carbons (Fsp3) is 0.182. The maximum absolute atomic E-state index is 13.9. The molecular formula is C22H16F5NO2. The van der Waals surface area contributed by atoms with Crippen LogP contribution in [0.5, 0.6) is 5.75 Å². The standard InChI is InChI=1S/C22H16F5NO2/c23-16-7-2-4-13(11-16)17-8-3-9-18-20(17)29-12-19(28-18)14-5-1-6-15(10-14)22(26,27)30-21(24)25/h1-11,19,21,28H,12H2. The van der Waals surface area contributed by atoms with E-state index in [2.05, 4.69) is 10.1 Å². The summed E-state index contributed by atoms with van der Waals surface area (Å²) < 4.78 is 75.3. The van der Waals surface area contributed by atoms with Gasteiger partial charge in [-0.2, -0.15) is 17.6 Å². The first kappa shape index (κ1) is 20.2. The van der Waals surface area contributed by atoms with Gasteiger partial charge in [0.1, 0.15) is 18.2 Å². The van der Waals surface area contributed by atoms with Gasteiger partial charge in [0.05, 0.1) is 17.3 Å². The van der Waals surface area contributed by atoms with Gasteiger partial charge in [0.2, 0.25) is 0 Å². The maximum atomic E-state index is 13.9. The van der Waals surface area contributed by atoms with E-state index in [9.17, 15) is 22.0 Å². The number of anilines is 1. The van der Waals surface area contributed by atoms with Crippen molar-refractivity contribution >= 4 is 5.69 Å². The topological polar surface area (TPSA) is 30.5 Å². The third kappa shape index (κ3) is 4.09. The lowest BCUT2D eigenvalue weighted by atomic mass is 9.99. The van der Waals surface area contributed by atoms with Gasteiger partial charge in [0.15, 0.2) is 0 Å². The second-order valence-corrected chi connectivity index (χ2v) is 6.72. The number of nitrogens with one attached hydrogen (secondary N) is 1. The van der Waals surface area contributed by atoms with Gasteiger partial charge in [-0.1, -0.05) is 42.5 Å². The Hall–Kier alpha value is -3.13. The van der Waals surface area contributed by atoms with Crippen molar-refractivity contribution in [2.24, 2.45) is 0 Å². The van der Waals surface area contributed by atoms with Crippen LogP contribution in [-0.4, -0.2) is 13.2 Å². The lowest BCUT2D eigenvalue weighted by Crippen LogP contribution is -2.25. The summed E-state index contributed by atoms with van der Waals surface area (Å²) in [5.74, 6) is 0.136. The largest absolute Gasteiger partial charge is 0.488 e. The van der Waals surface area contributed by atoms with E-state index in [0.717, 1.165) is 12.1 Å². The van der Waals surface area contributed by atoms with E-state index >= 15 is 0 Å². The molecule has 0 bridgehead atoms. The Balaban J connectivity index is 1.62. The molecule has 0 spiro atoms. The molecule has 8 heteroatoms. The molecule has 0 aromatic heterocycles. The molecule has 1 aliphatic heterocycles. The van der Waals surface area contributed by atoms with Crippen LogP contribution >= 0.6 is 0 Å². The smallest absolute Gasteiger partial charge is 0.387 e. The van der Waals surface area contributed by atoms with Gasteiger partial charge in [-0.15, -0.1) is 0 Å². The third-order valence-corrected chi connectivity index (χ3v) is 4.74. The van der Waals surface area contributed by atoms with E-state index in [4.69, 9.17) is 4.74 Å². The minimum atomic E-state index is -4.12. The van der Waals surface area contributed by atoms with Crippen molar-refractivity contribution in [3.05, 3.63) is 83.7 Å². The molecule has 1 unspecified atom stereocenters. The zero-order valence-corrected chi connectivity index (χ0v) is 15.4. The monoisotopic (exact) mass is 421 g/mol. The Labute approximate surface area is 169 Å². The molecule has 3 aromatic rings. The maximum Gasteiger partial charge on any atom is 0.387 e. The second-order valence-electron chi connectivity index (χ2n) is 6.72. The number of para-hydroxylation sites is 1. The van der Waals surface area contributed by atoms with Gasteiger partial charge >= 0.3 is 12.7 Å². The van der Waals surface area contributed by atoms with Crippen LogP contribution in [0.2, 0.25) is 0 Å². The normalized spacial score (nSPS) is 16.0. The van der Waals surface area contributed by atoms with Gasteiger partial charge in [-0.25, -0.2) is 4.39 Å². The zero-order valence-electron chi connectivity index (χ0n) is 15.4. The van der Waals surface area contributed by atoms with Crippen molar-refractivity contribution in [1.82, 2.24) is 0 Å². The fourth-order valence-corrected chi connectivity index (χ4v) is 3.38. The van der Waals surface area contributed by atoms with Crippen molar-refractivity contribution in [3.8, 4) is 16.9 Å². The summed E-state index contributed by atoms with van der Waals surface area (Å²) in [7, 11) is 0. The lowest BCUT2D eigenvalue weighted by molar-refractivity contribution is -0.328. The molecule has 3 nitrogen and oxygen atoms in total. The van der Waals surface area contributed by atoms with Crippen molar-refractivity contribution < 1.29 is 31.4 Å². The predicted molar refractivity (Wildman–Crippen MR) is 101 cm³/mol. The highest BCUT2D eigenvalue weighted by molar-refractivity contribution is 5.79. The van der Waals surface area contributed by atoms with Crippen LogP contribution < -0.4 is 10.1 Å². The average molecular weight is 421 g/mol. The Morgan fingerprint density at radius 1 is 1.00 bits per heavy atom. The molecule has 0 fully saturated rings. The summed E-state index contributed by atoms with van der Waals surface area (Å²) in [4.78, 5) is 0. The number of hydrogen-bond donors (Lipinski definition) is 1. The summed E-state index contributed by atoms with van der Waals surface area (Å²) in [5, 5.41) is 3.20. The van der Waals surface area contributed by atoms with Crippen LogP contribution in [0, 0.1) is 5.82 Å². The van der Waals surface area contributed by atoms with Crippen molar-refractivity contribution in [1.29, 1.82) is 0 Å². The first-order valence-corrected chi connectivity index (χ1v) is 9.06. The van der Waals surface area contributed by atoms with E-state index in [1.54, 1.807) is 36.4 Å². The molecule has 0 aliphatic carbocycles. The second kappa shape index (κ2) is 7.95. The molecule has 1 N–H and O–H groups in total. The third-order valence-electron chi connectivity index (χ3n) is 4.74. The summed E-state index contributed by atoms with van der Waals surface area (Å²) in [6.45, 7) is -3.50. The summed E-state index contributed by atoms with van der Waals surface area (Å²) >= 11 is 0. The highest BCUT2D eigenvalue weighted by atomic mass is 19.3. The quantitative estimate of drug-likeness (QED) is 0.489. The first-order chi connectivity index (χ1) is 14.3. The molecule has 1 aliphatic rings. The summed E-state index contributed by atoms with van der Waals surface area (Å²) in [5.41, 5.74) is 1.67. The van der Waals surface area contributed by atoms with Crippen LogP contribution in [0.1, 0.15) is 17.2 Å². The predicted octanol–water partition coefficient (Wildman–Crippen LogP) is 6.33. The minimum absolute atomic E-state index is 0.101. The molecule has 30 heavy (non-hydrogen) atoms. The Morgan fingerprint density at radius 2 is 1.77 bits per heavy atom. The lowest BCUT2D eigenvalue weighted by Gasteiger charge is -2.30. The molecule has 1 atom stereocenters. The summed E-state index contributed by atoms with van der Waals surface area (Å²) in [6.07, 6.45) is -4.12. The van der Waals surface area contributed by atoms with Gasteiger partial charge in [-0.05, 0) is 35.4 Å². The number of ether oxygens (including phenoxy) is 2. The van der Waals surface area contributed by atoms with Crippen LogP contribution in [-0.2, 0) is 10.8 Å². The molecule has 0 amide bonds. The van der Waals surface area contributed by atoms with Crippen LogP contribution in [0.3, 0.4) is 0 Å². The van der Waals surface area contributed by atoms with E-state index in [0.29, 0.717) is 28.1 Å². The highest BCUT2D eigenvalue weighted by Gasteiger charge is 2.37. The minimum Gasteiger partial charge on any atom is -0.488 e. The molecule has 0 saturated heterocycles. The fourth-order valence-electron chi connectivity index (χ4n) is 3.38. The number of halogens is 5. The number of benzene rings is 3. The van der Waals surface area contributed by atoms with E-state index < -0.39 is 24.3 Å². The molecule has 0 radical (unpaired) electrons.